The van der Waals surface area contributed by atoms with Crippen LogP contribution in [0.25, 0.3) is 0 Å². The van der Waals surface area contributed by atoms with E-state index in [9.17, 15) is 9.90 Å². The number of carbonyl (C=O) groups excluding carboxylic acids is 1. The highest BCUT2D eigenvalue weighted by molar-refractivity contribution is 5.74. The largest absolute Gasteiger partial charge is 0.497 e. The van der Waals surface area contributed by atoms with Crippen molar-refractivity contribution in [3.05, 3.63) is 65.2 Å². The maximum absolute atomic E-state index is 12.0. The summed E-state index contributed by atoms with van der Waals surface area (Å²) in [6, 6.07) is 15.4. The quantitative estimate of drug-likeness (QED) is 0.756. The van der Waals surface area contributed by atoms with Gasteiger partial charge in [-0.05, 0) is 48.1 Å². The van der Waals surface area contributed by atoms with Crippen molar-refractivity contribution in [2.24, 2.45) is 0 Å². The van der Waals surface area contributed by atoms with Gasteiger partial charge in [0.1, 0.15) is 11.4 Å². The Labute approximate surface area is 148 Å². The molecular weight excluding hydrogens is 316 g/mol. The van der Waals surface area contributed by atoms with Crippen LogP contribution in [-0.4, -0.2) is 31.3 Å². The maximum atomic E-state index is 12.0. The lowest BCUT2D eigenvalue weighted by Crippen LogP contribution is -2.44. The van der Waals surface area contributed by atoms with E-state index in [1.807, 2.05) is 48.5 Å². The molecule has 2 amide bonds. The molecule has 0 unspecified atom stereocenters. The van der Waals surface area contributed by atoms with Gasteiger partial charge in [0.25, 0.3) is 0 Å². The van der Waals surface area contributed by atoms with E-state index < -0.39 is 5.60 Å². The Morgan fingerprint density at radius 3 is 2.68 bits per heavy atom. The lowest BCUT2D eigenvalue weighted by Gasteiger charge is -2.24. The molecule has 5 heteroatoms. The molecule has 1 atom stereocenters. The van der Waals surface area contributed by atoms with Crippen molar-refractivity contribution in [3.8, 4) is 5.75 Å². The summed E-state index contributed by atoms with van der Waals surface area (Å²) in [5, 5.41) is 16.4. The van der Waals surface area contributed by atoms with Crippen molar-refractivity contribution in [3.63, 3.8) is 0 Å². The molecule has 0 saturated heterocycles. The standard InChI is InChI=1S/C20H24N2O3/c1-25-17-8-6-15(7-9-17)11-13-21-19(23)22-14-20(24)12-10-16-4-2-3-5-18(16)20/h2-9,24H,10-14H2,1H3,(H2,21,22,23)/t20-/m0/s1. The normalized spacial score (nSPS) is 18.5. The first-order valence-electron chi connectivity index (χ1n) is 8.56. The van der Waals surface area contributed by atoms with Crippen LogP contribution < -0.4 is 15.4 Å². The fraction of sp³-hybridized carbons (Fsp3) is 0.350. The molecule has 0 aromatic heterocycles. The Hall–Kier alpha value is -2.53. The molecule has 5 nitrogen and oxygen atoms in total. The first kappa shape index (κ1) is 17.3. The molecule has 2 aromatic rings. The highest BCUT2D eigenvalue weighted by Gasteiger charge is 2.36. The van der Waals surface area contributed by atoms with Crippen LogP contribution in [0.3, 0.4) is 0 Å². The molecule has 132 valence electrons. The summed E-state index contributed by atoms with van der Waals surface area (Å²) in [6.07, 6.45) is 2.22. The monoisotopic (exact) mass is 340 g/mol. The summed E-state index contributed by atoms with van der Waals surface area (Å²) >= 11 is 0. The number of benzene rings is 2. The molecule has 2 aromatic carbocycles. The number of fused-ring (bicyclic) bond motifs is 1. The fourth-order valence-corrected chi connectivity index (χ4v) is 3.25. The lowest BCUT2D eigenvalue weighted by atomic mass is 9.96. The minimum absolute atomic E-state index is 0.221. The van der Waals surface area contributed by atoms with Gasteiger partial charge in [0, 0.05) is 6.54 Å². The van der Waals surface area contributed by atoms with Crippen LogP contribution in [0.4, 0.5) is 4.79 Å². The second kappa shape index (κ2) is 7.57. The zero-order valence-electron chi connectivity index (χ0n) is 14.4. The van der Waals surface area contributed by atoms with Crippen LogP contribution in [0.5, 0.6) is 5.75 Å². The second-order valence-electron chi connectivity index (χ2n) is 6.40. The summed E-state index contributed by atoms with van der Waals surface area (Å²) in [7, 11) is 1.64. The average Bonchev–Trinajstić information content (AvgIpc) is 2.98. The van der Waals surface area contributed by atoms with Gasteiger partial charge < -0.3 is 20.5 Å². The van der Waals surface area contributed by atoms with Crippen LogP contribution in [0.15, 0.2) is 48.5 Å². The predicted octanol–water partition coefficient (Wildman–Crippen LogP) is 2.37. The van der Waals surface area contributed by atoms with Crippen LogP contribution in [0.1, 0.15) is 23.1 Å². The molecule has 0 aliphatic heterocycles. The maximum Gasteiger partial charge on any atom is 0.314 e. The van der Waals surface area contributed by atoms with Gasteiger partial charge in [-0.2, -0.15) is 0 Å². The van der Waals surface area contributed by atoms with E-state index in [1.54, 1.807) is 7.11 Å². The molecule has 0 heterocycles. The molecule has 1 aliphatic carbocycles. The molecular formula is C20H24N2O3. The molecule has 3 N–H and O–H groups in total. The minimum Gasteiger partial charge on any atom is -0.497 e. The van der Waals surface area contributed by atoms with Gasteiger partial charge in [0.05, 0.1) is 13.7 Å². The summed E-state index contributed by atoms with van der Waals surface area (Å²) < 4.78 is 5.12. The second-order valence-corrected chi connectivity index (χ2v) is 6.40. The summed E-state index contributed by atoms with van der Waals surface area (Å²) in [5.41, 5.74) is 2.24. The third-order valence-electron chi connectivity index (χ3n) is 4.73. The van der Waals surface area contributed by atoms with Crippen molar-refractivity contribution in [1.29, 1.82) is 0 Å². The Bertz CT molecular complexity index is 730. The number of hydrogen-bond acceptors (Lipinski definition) is 3. The van der Waals surface area contributed by atoms with E-state index in [2.05, 4.69) is 10.6 Å². The third kappa shape index (κ3) is 4.12. The van der Waals surface area contributed by atoms with Gasteiger partial charge >= 0.3 is 6.03 Å². The van der Waals surface area contributed by atoms with E-state index in [1.165, 1.54) is 0 Å². The Morgan fingerprint density at radius 2 is 1.92 bits per heavy atom. The summed E-state index contributed by atoms with van der Waals surface area (Å²) in [5.74, 6) is 0.819. The first-order chi connectivity index (χ1) is 12.1. The highest BCUT2D eigenvalue weighted by atomic mass is 16.5. The predicted molar refractivity (Wildman–Crippen MR) is 96.8 cm³/mol. The van der Waals surface area contributed by atoms with Gasteiger partial charge in [0.15, 0.2) is 0 Å². The van der Waals surface area contributed by atoms with Gasteiger partial charge in [-0.3, -0.25) is 0 Å². The Kier molecular flexibility index (Phi) is 5.24. The SMILES string of the molecule is COc1ccc(CCNC(=O)NC[C@@]2(O)CCc3ccccc32)cc1. The Balaban J connectivity index is 1.44. The smallest absolute Gasteiger partial charge is 0.314 e. The Morgan fingerprint density at radius 1 is 1.16 bits per heavy atom. The van der Waals surface area contributed by atoms with Crippen molar-refractivity contribution in [1.82, 2.24) is 10.6 Å². The zero-order valence-corrected chi connectivity index (χ0v) is 14.4. The third-order valence-corrected chi connectivity index (χ3v) is 4.73. The van der Waals surface area contributed by atoms with Crippen molar-refractivity contribution in [2.45, 2.75) is 24.9 Å². The number of amides is 2. The number of methoxy groups -OCH3 is 1. The number of aryl methyl sites for hydroxylation is 1. The van der Waals surface area contributed by atoms with Gasteiger partial charge in [-0.25, -0.2) is 4.79 Å². The van der Waals surface area contributed by atoms with Crippen molar-refractivity contribution < 1.29 is 14.6 Å². The van der Waals surface area contributed by atoms with Gasteiger partial charge in [0.2, 0.25) is 0 Å². The number of rotatable bonds is 6. The molecule has 0 spiro atoms. The molecule has 0 radical (unpaired) electrons. The topological polar surface area (TPSA) is 70.6 Å². The highest BCUT2D eigenvalue weighted by Crippen LogP contribution is 2.36. The number of nitrogens with one attached hydrogen (secondary N) is 2. The van der Waals surface area contributed by atoms with Crippen LogP contribution >= 0.6 is 0 Å². The van der Waals surface area contributed by atoms with E-state index in [4.69, 9.17) is 4.74 Å². The van der Waals surface area contributed by atoms with E-state index in [0.717, 1.165) is 35.3 Å². The van der Waals surface area contributed by atoms with Crippen molar-refractivity contribution in [2.75, 3.05) is 20.2 Å². The van der Waals surface area contributed by atoms with Crippen molar-refractivity contribution >= 4 is 6.03 Å². The number of hydrogen-bond donors (Lipinski definition) is 3. The summed E-state index contributed by atoms with van der Waals surface area (Å²) in [4.78, 5) is 12.0. The number of ether oxygens (including phenoxy) is 1. The molecule has 3 rings (SSSR count). The van der Waals surface area contributed by atoms with E-state index in [0.29, 0.717) is 13.0 Å². The van der Waals surface area contributed by atoms with Gasteiger partial charge in [-0.1, -0.05) is 36.4 Å². The van der Waals surface area contributed by atoms with Crippen LogP contribution in [0.2, 0.25) is 0 Å². The number of aliphatic hydroxyl groups is 1. The fourth-order valence-electron chi connectivity index (χ4n) is 3.25. The molecule has 0 fully saturated rings. The molecule has 0 bridgehead atoms. The number of urea groups is 1. The van der Waals surface area contributed by atoms with Crippen LogP contribution in [0, 0.1) is 0 Å². The molecule has 25 heavy (non-hydrogen) atoms. The molecule has 1 aliphatic rings. The van der Waals surface area contributed by atoms with Crippen LogP contribution in [-0.2, 0) is 18.4 Å². The van der Waals surface area contributed by atoms with Gasteiger partial charge in [-0.15, -0.1) is 0 Å². The van der Waals surface area contributed by atoms with E-state index >= 15 is 0 Å². The first-order valence-corrected chi connectivity index (χ1v) is 8.56. The lowest BCUT2D eigenvalue weighted by molar-refractivity contribution is 0.0412. The zero-order chi connectivity index (χ0) is 17.7. The molecule has 0 saturated carbocycles. The summed E-state index contributed by atoms with van der Waals surface area (Å²) in [6.45, 7) is 0.756. The number of carbonyl (C=O) groups is 1. The van der Waals surface area contributed by atoms with E-state index in [-0.39, 0.29) is 12.6 Å². The minimum atomic E-state index is -0.968. The average molecular weight is 340 g/mol.